The second-order valence-electron chi connectivity index (χ2n) is 6.46. The fourth-order valence-corrected chi connectivity index (χ4v) is 4.03. The summed E-state index contributed by atoms with van der Waals surface area (Å²) in [5, 5.41) is 5.41. The summed E-state index contributed by atoms with van der Waals surface area (Å²) in [4.78, 5) is 4.57. The van der Waals surface area contributed by atoms with Gasteiger partial charge in [-0.2, -0.15) is 9.78 Å². The molecule has 0 fully saturated rings. The monoisotopic (exact) mass is 396 g/mol. The molecule has 0 atom stereocenters. The van der Waals surface area contributed by atoms with Crippen LogP contribution in [0.2, 0.25) is 0 Å². The van der Waals surface area contributed by atoms with Crippen molar-refractivity contribution in [2.45, 2.75) is 18.7 Å². The summed E-state index contributed by atoms with van der Waals surface area (Å²) in [6.07, 6.45) is 0. The lowest BCUT2D eigenvalue weighted by Crippen LogP contribution is -2.16. The van der Waals surface area contributed by atoms with Crippen molar-refractivity contribution in [2.75, 3.05) is 4.72 Å². The maximum absolute atomic E-state index is 13.1. The van der Waals surface area contributed by atoms with Gasteiger partial charge in [0.05, 0.1) is 16.1 Å². The van der Waals surface area contributed by atoms with Crippen LogP contribution in [0.4, 0.5) is 10.2 Å². The number of halogens is 1. The number of hydrogen-bond acceptors (Lipinski definition) is 4. The number of aromatic nitrogens is 3. The average Bonchev–Trinajstić information content (AvgIpc) is 3.01. The number of fused-ring (bicyclic) bond motifs is 1. The Kier molecular flexibility index (Phi) is 4.35. The number of nitrogens with one attached hydrogen (secondary N) is 1. The van der Waals surface area contributed by atoms with Crippen LogP contribution in [-0.4, -0.2) is 23.2 Å². The Labute approximate surface area is 161 Å². The summed E-state index contributed by atoms with van der Waals surface area (Å²) in [7, 11) is -3.91. The van der Waals surface area contributed by atoms with E-state index >= 15 is 0 Å². The predicted molar refractivity (Wildman–Crippen MR) is 106 cm³/mol. The van der Waals surface area contributed by atoms with Gasteiger partial charge >= 0.3 is 0 Å². The van der Waals surface area contributed by atoms with E-state index in [0.29, 0.717) is 11.5 Å². The van der Waals surface area contributed by atoms with Gasteiger partial charge in [0.15, 0.2) is 5.82 Å². The molecule has 0 aliphatic carbocycles. The van der Waals surface area contributed by atoms with Crippen molar-refractivity contribution in [3.63, 3.8) is 0 Å². The normalized spacial score (nSPS) is 11.7. The highest BCUT2D eigenvalue weighted by Gasteiger charge is 2.19. The molecule has 142 valence electrons. The van der Waals surface area contributed by atoms with Gasteiger partial charge in [0.25, 0.3) is 10.0 Å². The van der Waals surface area contributed by atoms with E-state index in [1.807, 2.05) is 37.3 Å². The lowest BCUT2D eigenvalue weighted by molar-refractivity contribution is 0.599. The van der Waals surface area contributed by atoms with Crippen molar-refractivity contribution in [3.8, 4) is 5.82 Å². The third kappa shape index (κ3) is 3.34. The van der Waals surface area contributed by atoms with Crippen LogP contribution in [0.25, 0.3) is 16.7 Å². The molecule has 2 aromatic carbocycles. The molecule has 0 aliphatic heterocycles. The van der Waals surface area contributed by atoms with E-state index in [4.69, 9.17) is 0 Å². The Morgan fingerprint density at radius 1 is 1.00 bits per heavy atom. The summed E-state index contributed by atoms with van der Waals surface area (Å²) in [6, 6.07) is 15.8. The number of pyridine rings is 1. The number of benzene rings is 2. The maximum Gasteiger partial charge on any atom is 0.263 e. The molecule has 6 nitrogen and oxygen atoms in total. The van der Waals surface area contributed by atoms with E-state index in [9.17, 15) is 12.8 Å². The van der Waals surface area contributed by atoms with Gasteiger partial charge in [-0.3, -0.25) is 4.72 Å². The minimum Gasteiger partial charge on any atom is -0.263 e. The topological polar surface area (TPSA) is 76.9 Å². The Morgan fingerprint density at radius 3 is 2.46 bits per heavy atom. The first-order valence-electron chi connectivity index (χ1n) is 8.55. The Morgan fingerprint density at radius 2 is 1.71 bits per heavy atom. The first kappa shape index (κ1) is 18.1. The molecule has 0 amide bonds. The van der Waals surface area contributed by atoms with Gasteiger partial charge in [-0.1, -0.05) is 18.2 Å². The number of anilines is 1. The summed E-state index contributed by atoms with van der Waals surface area (Å²) >= 11 is 0. The number of aryl methyl sites for hydroxylation is 2. The molecule has 0 saturated carbocycles. The molecular formula is C20H17FN4O2S. The van der Waals surface area contributed by atoms with Gasteiger partial charge < -0.3 is 0 Å². The van der Waals surface area contributed by atoms with Crippen molar-refractivity contribution in [3.05, 3.63) is 77.7 Å². The highest BCUT2D eigenvalue weighted by Crippen LogP contribution is 2.24. The second kappa shape index (κ2) is 6.72. The fraction of sp³-hybridized carbons (Fsp3) is 0.100. The number of hydrogen-bond donors (Lipinski definition) is 1. The van der Waals surface area contributed by atoms with E-state index in [1.54, 1.807) is 13.0 Å². The van der Waals surface area contributed by atoms with E-state index < -0.39 is 15.8 Å². The summed E-state index contributed by atoms with van der Waals surface area (Å²) in [5.74, 6) is 0.251. The van der Waals surface area contributed by atoms with Crippen LogP contribution in [0, 0.1) is 19.7 Å². The Balaban J connectivity index is 1.78. The average molecular weight is 396 g/mol. The number of sulfonamides is 1. The summed E-state index contributed by atoms with van der Waals surface area (Å²) < 4.78 is 42.5. The molecular weight excluding hydrogens is 379 g/mol. The largest absolute Gasteiger partial charge is 0.263 e. The quantitative estimate of drug-likeness (QED) is 0.566. The Hall–Kier alpha value is -3.26. The predicted octanol–water partition coefficient (Wildman–Crippen LogP) is 3.98. The molecule has 28 heavy (non-hydrogen) atoms. The van der Waals surface area contributed by atoms with Crippen molar-refractivity contribution in [1.29, 1.82) is 0 Å². The Bertz CT molecular complexity index is 1280. The van der Waals surface area contributed by atoms with Crippen LogP contribution >= 0.6 is 0 Å². The minimum absolute atomic E-state index is 0.0399. The van der Waals surface area contributed by atoms with Crippen molar-refractivity contribution in [2.24, 2.45) is 0 Å². The molecule has 0 bridgehead atoms. The van der Waals surface area contributed by atoms with Crippen LogP contribution < -0.4 is 4.72 Å². The van der Waals surface area contributed by atoms with E-state index in [0.717, 1.165) is 28.6 Å². The van der Waals surface area contributed by atoms with E-state index in [1.165, 1.54) is 16.8 Å². The zero-order valence-corrected chi connectivity index (χ0v) is 16.0. The summed E-state index contributed by atoms with van der Waals surface area (Å²) in [6.45, 7) is 3.73. The van der Waals surface area contributed by atoms with Crippen LogP contribution in [0.3, 0.4) is 0 Å². The zero-order valence-electron chi connectivity index (χ0n) is 15.2. The fourth-order valence-electron chi connectivity index (χ4n) is 3.00. The second-order valence-corrected chi connectivity index (χ2v) is 8.14. The minimum atomic E-state index is -3.91. The molecule has 0 radical (unpaired) electrons. The molecule has 2 aromatic heterocycles. The number of para-hydroxylation sites is 1. The van der Waals surface area contributed by atoms with Crippen LogP contribution in [-0.2, 0) is 10.0 Å². The van der Waals surface area contributed by atoms with E-state index in [-0.39, 0.29) is 10.7 Å². The molecule has 2 heterocycles. The van der Waals surface area contributed by atoms with Crippen molar-refractivity contribution in [1.82, 2.24) is 14.8 Å². The molecule has 4 aromatic rings. The standard InChI is InChI=1S/C20H17FN4O2S/c1-13-11-19(22-18-6-4-3-5-17(13)18)25-20(12-14(2)23-25)24-28(26,27)16-9-7-15(21)8-10-16/h3-12,24H,1-2H3. The lowest BCUT2D eigenvalue weighted by atomic mass is 10.1. The lowest BCUT2D eigenvalue weighted by Gasteiger charge is -2.12. The van der Waals surface area contributed by atoms with Gasteiger partial charge in [0.2, 0.25) is 0 Å². The van der Waals surface area contributed by atoms with Gasteiger partial charge in [0, 0.05) is 11.5 Å². The number of nitrogens with zero attached hydrogens (tertiary/aromatic N) is 3. The van der Waals surface area contributed by atoms with Gasteiger partial charge in [-0.05, 0) is 55.8 Å². The molecule has 1 N–H and O–H groups in total. The van der Waals surface area contributed by atoms with Gasteiger partial charge in [0.1, 0.15) is 11.6 Å². The molecule has 0 saturated heterocycles. The molecule has 0 aliphatic rings. The zero-order chi connectivity index (χ0) is 19.9. The SMILES string of the molecule is Cc1cc(NS(=O)(=O)c2ccc(F)cc2)n(-c2cc(C)c3ccccc3n2)n1. The molecule has 0 unspecified atom stereocenters. The highest BCUT2D eigenvalue weighted by molar-refractivity contribution is 7.92. The molecule has 4 rings (SSSR count). The van der Waals surface area contributed by atoms with Crippen LogP contribution in [0.5, 0.6) is 0 Å². The molecule has 0 spiro atoms. The smallest absolute Gasteiger partial charge is 0.263 e. The van der Waals surface area contributed by atoms with Crippen LogP contribution in [0.15, 0.2) is 65.6 Å². The highest BCUT2D eigenvalue weighted by atomic mass is 32.2. The maximum atomic E-state index is 13.1. The van der Waals surface area contributed by atoms with Gasteiger partial charge in [-0.15, -0.1) is 0 Å². The first-order valence-corrected chi connectivity index (χ1v) is 10.0. The summed E-state index contributed by atoms with van der Waals surface area (Å²) in [5.41, 5.74) is 2.42. The first-order chi connectivity index (χ1) is 13.3. The van der Waals surface area contributed by atoms with Crippen molar-refractivity contribution >= 4 is 26.7 Å². The third-order valence-electron chi connectivity index (χ3n) is 4.32. The van der Waals surface area contributed by atoms with Crippen molar-refractivity contribution < 1.29 is 12.8 Å². The molecule has 8 heteroatoms. The number of rotatable bonds is 4. The van der Waals surface area contributed by atoms with E-state index in [2.05, 4.69) is 14.8 Å². The van der Waals surface area contributed by atoms with Gasteiger partial charge in [-0.25, -0.2) is 17.8 Å². The third-order valence-corrected chi connectivity index (χ3v) is 5.69. The van der Waals surface area contributed by atoms with Crippen LogP contribution in [0.1, 0.15) is 11.3 Å².